The quantitative estimate of drug-likeness (QED) is 0.683. The van der Waals surface area contributed by atoms with Crippen LogP contribution in [0.5, 0.6) is 0 Å². The zero-order valence-electron chi connectivity index (χ0n) is 7.27. The summed E-state index contributed by atoms with van der Waals surface area (Å²) in [5.41, 5.74) is 0. The van der Waals surface area contributed by atoms with E-state index in [1.165, 1.54) is 0 Å². The van der Waals surface area contributed by atoms with E-state index in [1.54, 1.807) is 17.0 Å². The summed E-state index contributed by atoms with van der Waals surface area (Å²) >= 11 is 0. The number of imidazole rings is 1. The zero-order valence-corrected chi connectivity index (χ0v) is 8.09. The number of hydrogen-bond donors (Lipinski definition) is 0. The molecular formula is C7H11FN2O2S. The summed E-state index contributed by atoms with van der Waals surface area (Å²) in [6, 6.07) is 0. The molecule has 74 valence electrons. The van der Waals surface area contributed by atoms with Gasteiger partial charge in [-0.15, -0.1) is 3.89 Å². The molecule has 0 aliphatic carbocycles. The van der Waals surface area contributed by atoms with E-state index >= 15 is 0 Å². The molecule has 0 amide bonds. The summed E-state index contributed by atoms with van der Waals surface area (Å²) in [4.78, 5) is 3.92. The molecule has 1 aromatic rings. The van der Waals surface area contributed by atoms with Crippen molar-refractivity contribution in [3.8, 4) is 0 Å². The van der Waals surface area contributed by atoms with Gasteiger partial charge in [0.25, 0.3) is 0 Å². The lowest BCUT2D eigenvalue weighted by Gasteiger charge is -2.01. The minimum absolute atomic E-state index is 0.125. The van der Waals surface area contributed by atoms with Crippen LogP contribution in [0.25, 0.3) is 0 Å². The maximum absolute atomic E-state index is 12.2. The van der Waals surface area contributed by atoms with Crippen molar-refractivity contribution in [3.05, 3.63) is 18.2 Å². The Morgan fingerprint density at radius 2 is 2.31 bits per heavy atom. The maximum atomic E-state index is 12.2. The van der Waals surface area contributed by atoms with E-state index in [0.29, 0.717) is 12.4 Å². The van der Waals surface area contributed by atoms with Gasteiger partial charge in [0.05, 0.1) is 5.75 Å². The van der Waals surface area contributed by atoms with Gasteiger partial charge in [-0.1, -0.05) is 0 Å². The smallest absolute Gasteiger partial charge is 0.302 e. The van der Waals surface area contributed by atoms with Crippen molar-refractivity contribution in [2.45, 2.75) is 19.9 Å². The second kappa shape index (κ2) is 3.87. The predicted molar refractivity (Wildman–Crippen MR) is 46.5 cm³/mol. The van der Waals surface area contributed by atoms with Crippen LogP contribution in [-0.4, -0.2) is 23.7 Å². The predicted octanol–water partition coefficient (Wildman–Crippen LogP) is 0.745. The average Bonchev–Trinajstić information content (AvgIpc) is 2.46. The van der Waals surface area contributed by atoms with Gasteiger partial charge in [0, 0.05) is 25.4 Å². The number of aryl methyl sites for hydroxylation is 2. The van der Waals surface area contributed by atoms with Gasteiger partial charge in [0.1, 0.15) is 5.82 Å². The Labute approximate surface area is 76.6 Å². The lowest BCUT2D eigenvalue weighted by atomic mass is 10.4. The van der Waals surface area contributed by atoms with Gasteiger partial charge in [0.15, 0.2) is 0 Å². The van der Waals surface area contributed by atoms with Crippen molar-refractivity contribution in [2.24, 2.45) is 0 Å². The molecule has 1 rings (SSSR count). The van der Waals surface area contributed by atoms with Crippen molar-refractivity contribution in [2.75, 3.05) is 5.75 Å². The number of aromatic nitrogens is 2. The number of rotatable bonds is 4. The molecular weight excluding hydrogens is 195 g/mol. The summed E-state index contributed by atoms with van der Waals surface area (Å²) < 4.78 is 34.4. The molecule has 13 heavy (non-hydrogen) atoms. The fourth-order valence-corrected chi connectivity index (χ4v) is 1.50. The van der Waals surface area contributed by atoms with Crippen LogP contribution in [-0.2, 0) is 23.2 Å². The summed E-state index contributed by atoms with van der Waals surface area (Å²) in [5.74, 6) is 0.105. The van der Waals surface area contributed by atoms with E-state index in [9.17, 15) is 12.3 Å². The molecule has 0 aliphatic rings. The second-order valence-electron chi connectivity index (χ2n) is 2.62. The summed E-state index contributed by atoms with van der Waals surface area (Å²) in [7, 11) is -4.38. The van der Waals surface area contributed by atoms with Crippen molar-refractivity contribution < 1.29 is 12.3 Å². The van der Waals surface area contributed by atoms with Gasteiger partial charge in [-0.2, -0.15) is 8.42 Å². The van der Waals surface area contributed by atoms with Crippen LogP contribution in [0, 0.1) is 0 Å². The monoisotopic (exact) mass is 206 g/mol. The lowest BCUT2D eigenvalue weighted by molar-refractivity contribution is 0.549. The van der Waals surface area contributed by atoms with Crippen molar-refractivity contribution in [1.29, 1.82) is 0 Å². The SMILES string of the molecule is CCn1ccnc1CCS(=O)(=O)F. The molecule has 0 radical (unpaired) electrons. The second-order valence-corrected chi connectivity index (χ2v) is 4.11. The molecule has 0 bridgehead atoms. The van der Waals surface area contributed by atoms with E-state index in [4.69, 9.17) is 0 Å². The van der Waals surface area contributed by atoms with Gasteiger partial charge in [-0.05, 0) is 6.92 Å². The molecule has 0 aliphatic heterocycles. The van der Waals surface area contributed by atoms with Crippen LogP contribution in [0.4, 0.5) is 3.89 Å². The van der Waals surface area contributed by atoms with Gasteiger partial charge in [-0.3, -0.25) is 0 Å². The fraction of sp³-hybridized carbons (Fsp3) is 0.571. The van der Waals surface area contributed by atoms with Gasteiger partial charge < -0.3 is 4.57 Å². The molecule has 0 spiro atoms. The van der Waals surface area contributed by atoms with E-state index in [0.717, 1.165) is 0 Å². The molecule has 0 atom stereocenters. The van der Waals surface area contributed by atoms with Crippen molar-refractivity contribution in [3.63, 3.8) is 0 Å². The van der Waals surface area contributed by atoms with Crippen LogP contribution in [0.15, 0.2) is 12.4 Å². The number of nitrogens with zero attached hydrogens (tertiary/aromatic N) is 2. The van der Waals surface area contributed by atoms with Gasteiger partial charge >= 0.3 is 10.2 Å². The van der Waals surface area contributed by atoms with E-state index < -0.39 is 16.0 Å². The highest BCUT2D eigenvalue weighted by molar-refractivity contribution is 7.86. The lowest BCUT2D eigenvalue weighted by Crippen LogP contribution is -2.08. The van der Waals surface area contributed by atoms with Crippen LogP contribution in [0.2, 0.25) is 0 Å². The van der Waals surface area contributed by atoms with Crippen molar-refractivity contribution in [1.82, 2.24) is 9.55 Å². The normalized spacial score (nSPS) is 11.8. The Morgan fingerprint density at radius 3 is 2.85 bits per heavy atom. The maximum Gasteiger partial charge on any atom is 0.302 e. The third kappa shape index (κ3) is 3.14. The minimum atomic E-state index is -4.38. The molecule has 4 nitrogen and oxygen atoms in total. The first-order valence-electron chi connectivity index (χ1n) is 3.95. The van der Waals surface area contributed by atoms with Gasteiger partial charge in [-0.25, -0.2) is 4.98 Å². The Morgan fingerprint density at radius 1 is 1.62 bits per heavy atom. The molecule has 0 fully saturated rings. The summed E-state index contributed by atoms with van der Waals surface area (Å²) in [6.45, 7) is 2.62. The summed E-state index contributed by atoms with van der Waals surface area (Å²) in [6.07, 6.45) is 3.43. The van der Waals surface area contributed by atoms with E-state index in [-0.39, 0.29) is 6.42 Å². The van der Waals surface area contributed by atoms with Gasteiger partial charge in [0.2, 0.25) is 0 Å². The van der Waals surface area contributed by atoms with E-state index in [2.05, 4.69) is 4.98 Å². The third-order valence-corrected chi connectivity index (χ3v) is 2.40. The molecule has 0 aromatic carbocycles. The zero-order chi connectivity index (χ0) is 9.90. The molecule has 0 N–H and O–H groups in total. The summed E-state index contributed by atoms with van der Waals surface area (Å²) in [5, 5.41) is 0. The molecule has 0 saturated heterocycles. The first-order valence-corrected chi connectivity index (χ1v) is 5.50. The van der Waals surface area contributed by atoms with Crippen LogP contribution >= 0.6 is 0 Å². The highest BCUT2D eigenvalue weighted by Gasteiger charge is 2.09. The molecule has 6 heteroatoms. The van der Waals surface area contributed by atoms with Crippen LogP contribution in [0.3, 0.4) is 0 Å². The Balaban J connectivity index is 2.64. The fourth-order valence-electron chi connectivity index (χ4n) is 1.07. The molecule has 0 saturated carbocycles. The third-order valence-electron chi connectivity index (χ3n) is 1.71. The Bertz CT molecular complexity index is 372. The average molecular weight is 206 g/mol. The first-order chi connectivity index (χ1) is 6.03. The highest BCUT2D eigenvalue weighted by atomic mass is 32.3. The molecule has 1 aromatic heterocycles. The Kier molecular flexibility index (Phi) is 3.02. The van der Waals surface area contributed by atoms with E-state index in [1.807, 2.05) is 6.92 Å². The topological polar surface area (TPSA) is 52.0 Å². The minimum Gasteiger partial charge on any atom is -0.335 e. The number of halogens is 1. The Hall–Kier alpha value is -0.910. The highest BCUT2D eigenvalue weighted by Crippen LogP contribution is 2.01. The molecule has 1 heterocycles. The van der Waals surface area contributed by atoms with Crippen molar-refractivity contribution >= 4 is 10.2 Å². The molecule has 0 unspecified atom stereocenters. The van der Waals surface area contributed by atoms with Crippen LogP contribution < -0.4 is 0 Å². The first kappa shape index (κ1) is 10.2. The number of hydrogen-bond acceptors (Lipinski definition) is 3. The largest absolute Gasteiger partial charge is 0.335 e. The van der Waals surface area contributed by atoms with Crippen LogP contribution in [0.1, 0.15) is 12.7 Å². The standard InChI is InChI=1S/C7H11FN2O2S/c1-2-10-5-4-9-7(10)3-6-13(8,11)12/h4-5H,2-3,6H2,1H3.